The summed E-state index contributed by atoms with van der Waals surface area (Å²) < 4.78 is 1.70. The SMILES string of the molecule is Cc1ccc(-n2nnc(C(=O)NCc3cccnc3)c2C)c(C)c1. The molecular weight excluding hydrogens is 302 g/mol. The van der Waals surface area contributed by atoms with E-state index in [4.69, 9.17) is 0 Å². The Labute approximate surface area is 140 Å². The number of aryl methyl sites for hydroxylation is 2. The number of aromatic nitrogens is 4. The highest BCUT2D eigenvalue weighted by Gasteiger charge is 2.17. The Morgan fingerprint density at radius 1 is 1.21 bits per heavy atom. The Morgan fingerprint density at radius 3 is 2.75 bits per heavy atom. The van der Waals surface area contributed by atoms with Gasteiger partial charge in [-0.15, -0.1) is 5.10 Å². The van der Waals surface area contributed by atoms with Gasteiger partial charge < -0.3 is 5.32 Å². The van der Waals surface area contributed by atoms with Crippen molar-refractivity contribution in [1.29, 1.82) is 0 Å². The Hall–Kier alpha value is -3.02. The minimum absolute atomic E-state index is 0.243. The van der Waals surface area contributed by atoms with Gasteiger partial charge in [0.15, 0.2) is 5.69 Å². The maximum Gasteiger partial charge on any atom is 0.274 e. The molecule has 24 heavy (non-hydrogen) atoms. The number of hydrogen-bond acceptors (Lipinski definition) is 4. The van der Waals surface area contributed by atoms with E-state index in [1.807, 2.05) is 45.0 Å². The average Bonchev–Trinajstić information content (AvgIpc) is 2.95. The molecule has 2 aromatic heterocycles. The van der Waals surface area contributed by atoms with Gasteiger partial charge in [0, 0.05) is 18.9 Å². The van der Waals surface area contributed by atoms with Crippen LogP contribution in [0.2, 0.25) is 0 Å². The van der Waals surface area contributed by atoms with Gasteiger partial charge in [-0.2, -0.15) is 0 Å². The fourth-order valence-electron chi connectivity index (χ4n) is 2.58. The average molecular weight is 321 g/mol. The number of nitrogens with one attached hydrogen (secondary N) is 1. The van der Waals surface area contributed by atoms with Crippen LogP contribution in [0.3, 0.4) is 0 Å². The normalized spacial score (nSPS) is 10.6. The molecule has 0 saturated carbocycles. The molecule has 3 aromatic rings. The lowest BCUT2D eigenvalue weighted by molar-refractivity contribution is 0.0945. The van der Waals surface area contributed by atoms with Gasteiger partial charge in [0.2, 0.25) is 0 Å². The number of nitrogens with zero attached hydrogens (tertiary/aromatic N) is 4. The second kappa shape index (κ2) is 6.62. The molecule has 0 saturated heterocycles. The molecule has 2 heterocycles. The molecule has 0 radical (unpaired) electrons. The summed E-state index contributed by atoms with van der Waals surface area (Å²) in [6.07, 6.45) is 3.42. The van der Waals surface area contributed by atoms with Crippen LogP contribution >= 0.6 is 0 Å². The lowest BCUT2D eigenvalue weighted by Crippen LogP contribution is -2.24. The molecule has 6 heteroatoms. The number of rotatable bonds is 4. The second-order valence-electron chi connectivity index (χ2n) is 5.77. The van der Waals surface area contributed by atoms with E-state index >= 15 is 0 Å². The van der Waals surface area contributed by atoms with E-state index in [1.54, 1.807) is 17.1 Å². The summed E-state index contributed by atoms with van der Waals surface area (Å²) in [5, 5.41) is 11.0. The minimum atomic E-state index is -0.243. The van der Waals surface area contributed by atoms with Crippen molar-refractivity contribution in [3.8, 4) is 5.69 Å². The van der Waals surface area contributed by atoms with Gasteiger partial charge in [-0.1, -0.05) is 29.0 Å². The number of hydrogen-bond donors (Lipinski definition) is 1. The predicted molar refractivity (Wildman–Crippen MR) is 91.0 cm³/mol. The number of pyridine rings is 1. The van der Waals surface area contributed by atoms with Gasteiger partial charge in [-0.05, 0) is 44.0 Å². The van der Waals surface area contributed by atoms with E-state index in [9.17, 15) is 4.79 Å². The van der Waals surface area contributed by atoms with Gasteiger partial charge in [0.1, 0.15) is 0 Å². The Balaban J connectivity index is 1.80. The molecule has 3 rings (SSSR count). The fourth-order valence-corrected chi connectivity index (χ4v) is 2.58. The number of carbonyl (C=O) groups excluding carboxylic acids is 1. The first-order valence-electron chi connectivity index (χ1n) is 7.73. The van der Waals surface area contributed by atoms with Crippen LogP contribution in [0, 0.1) is 20.8 Å². The van der Waals surface area contributed by atoms with Crippen LogP contribution in [0.25, 0.3) is 5.69 Å². The Bertz CT molecular complexity index is 870. The molecule has 0 unspecified atom stereocenters. The largest absolute Gasteiger partial charge is 0.346 e. The molecule has 0 bridgehead atoms. The molecule has 0 aliphatic carbocycles. The molecule has 1 aromatic carbocycles. The van der Waals surface area contributed by atoms with Crippen molar-refractivity contribution in [2.45, 2.75) is 27.3 Å². The van der Waals surface area contributed by atoms with Crippen molar-refractivity contribution in [3.05, 3.63) is 70.8 Å². The van der Waals surface area contributed by atoms with E-state index in [2.05, 4.69) is 26.7 Å². The minimum Gasteiger partial charge on any atom is -0.346 e. The zero-order valence-electron chi connectivity index (χ0n) is 13.9. The lowest BCUT2D eigenvalue weighted by Gasteiger charge is -2.08. The zero-order valence-corrected chi connectivity index (χ0v) is 13.9. The highest BCUT2D eigenvalue weighted by atomic mass is 16.2. The first-order chi connectivity index (χ1) is 11.6. The highest BCUT2D eigenvalue weighted by Crippen LogP contribution is 2.17. The van der Waals surface area contributed by atoms with Crippen molar-refractivity contribution >= 4 is 5.91 Å². The highest BCUT2D eigenvalue weighted by molar-refractivity contribution is 5.93. The molecule has 0 aliphatic heterocycles. The summed E-state index contributed by atoms with van der Waals surface area (Å²) >= 11 is 0. The van der Waals surface area contributed by atoms with Crippen molar-refractivity contribution < 1.29 is 4.79 Å². The van der Waals surface area contributed by atoms with Crippen LogP contribution in [0.15, 0.2) is 42.7 Å². The van der Waals surface area contributed by atoms with Crippen molar-refractivity contribution in [2.24, 2.45) is 0 Å². The van der Waals surface area contributed by atoms with Crippen molar-refractivity contribution in [2.75, 3.05) is 0 Å². The Morgan fingerprint density at radius 2 is 2.04 bits per heavy atom. The lowest BCUT2D eigenvalue weighted by atomic mass is 10.1. The van der Waals surface area contributed by atoms with Gasteiger partial charge >= 0.3 is 0 Å². The van der Waals surface area contributed by atoms with Crippen molar-refractivity contribution in [3.63, 3.8) is 0 Å². The molecule has 1 amide bonds. The van der Waals surface area contributed by atoms with E-state index in [0.717, 1.165) is 16.8 Å². The zero-order chi connectivity index (χ0) is 17.1. The first-order valence-corrected chi connectivity index (χ1v) is 7.73. The van der Waals surface area contributed by atoms with Crippen LogP contribution in [-0.2, 0) is 6.54 Å². The van der Waals surface area contributed by atoms with Gasteiger partial charge in [0.25, 0.3) is 5.91 Å². The summed E-state index contributed by atoms with van der Waals surface area (Å²) in [4.78, 5) is 16.4. The van der Waals surface area contributed by atoms with Gasteiger partial charge in [-0.25, -0.2) is 4.68 Å². The third-order valence-electron chi connectivity index (χ3n) is 3.87. The van der Waals surface area contributed by atoms with Crippen molar-refractivity contribution in [1.82, 2.24) is 25.3 Å². The fraction of sp³-hybridized carbons (Fsp3) is 0.222. The number of benzene rings is 1. The van der Waals surface area contributed by atoms with E-state index < -0.39 is 0 Å². The smallest absolute Gasteiger partial charge is 0.274 e. The number of carbonyl (C=O) groups is 1. The maximum atomic E-state index is 12.4. The summed E-state index contributed by atoms with van der Waals surface area (Å²) in [5.41, 5.74) is 5.18. The quantitative estimate of drug-likeness (QED) is 0.801. The van der Waals surface area contributed by atoms with Crippen LogP contribution in [-0.4, -0.2) is 25.9 Å². The molecule has 0 spiro atoms. The molecule has 122 valence electrons. The molecule has 0 aliphatic rings. The van der Waals surface area contributed by atoms with Crippen LogP contribution < -0.4 is 5.32 Å². The van der Waals surface area contributed by atoms with E-state index in [0.29, 0.717) is 17.9 Å². The van der Waals surface area contributed by atoms with Gasteiger partial charge in [0.05, 0.1) is 11.4 Å². The summed E-state index contributed by atoms with van der Waals surface area (Å²) in [6.45, 7) is 6.31. The topological polar surface area (TPSA) is 72.7 Å². The standard InChI is InChI=1S/C18H19N5O/c1-12-6-7-16(13(2)9-12)23-14(3)17(21-22-23)18(24)20-11-15-5-4-8-19-10-15/h4-10H,11H2,1-3H3,(H,20,24). The van der Waals surface area contributed by atoms with Gasteiger partial charge in [-0.3, -0.25) is 9.78 Å². The molecular formula is C18H19N5O. The first kappa shape index (κ1) is 15.9. The monoisotopic (exact) mass is 321 g/mol. The molecule has 1 N–H and O–H groups in total. The summed E-state index contributed by atoms with van der Waals surface area (Å²) in [7, 11) is 0. The molecule has 6 nitrogen and oxygen atoms in total. The van der Waals surface area contributed by atoms with Crippen LogP contribution in [0.1, 0.15) is 32.9 Å². The maximum absolute atomic E-state index is 12.4. The molecule has 0 atom stereocenters. The summed E-state index contributed by atoms with van der Waals surface area (Å²) in [5.74, 6) is -0.243. The summed E-state index contributed by atoms with van der Waals surface area (Å²) in [6, 6.07) is 9.84. The van der Waals surface area contributed by atoms with Crippen LogP contribution in [0.5, 0.6) is 0 Å². The second-order valence-corrected chi connectivity index (χ2v) is 5.77. The van der Waals surface area contributed by atoms with E-state index in [-0.39, 0.29) is 5.91 Å². The number of amides is 1. The van der Waals surface area contributed by atoms with E-state index in [1.165, 1.54) is 5.56 Å². The molecule has 0 fully saturated rings. The predicted octanol–water partition coefficient (Wildman–Crippen LogP) is 2.52. The third-order valence-corrected chi connectivity index (χ3v) is 3.87. The Kier molecular flexibility index (Phi) is 4.37. The third kappa shape index (κ3) is 3.17. The van der Waals surface area contributed by atoms with Crippen LogP contribution in [0.4, 0.5) is 0 Å².